The summed E-state index contributed by atoms with van der Waals surface area (Å²) >= 11 is 5.91. The van der Waals surface area contributed by atoms with Gasteiger partial charge in [0.05, 0.1) is 10.6 Å². The largest absolute Gasteiger partial charge is 0.355 e. The molecule has 0 aromatic heterocycles. The molecule has 2 amide bonds. The van der Waals surface area contributed by atoms with Gasteiger partial charge in [0.1, 0.15) is 6.54 Å². The number of benzene rings is 2. The topological polar surface area (TPSA) is 52.7 Å². The molecule has 4 rings (SSSR count). The Morgan fingerprint density at radius 1 is 1.16 bits per heavy atom. The number of rotatable bonds is 9. The fraction of sp³-hybridized carbons (Fsp3) is 0.484. The van der Waals surface area contributed by atoms with Gasteiger partial charge < -0.3 is 10.2 Å². The van der Waals surface area contributed by atoms with Gasteiger partial charge in [0.2, 0.25) is 5.91 Å². The maximum atomic E-state index is 13.7. The van der Waals surface area contributed by atoms with Gasteiger partial charge in [0, 0.05) is 29.4 Å². The second kappa shape index (κ2) is 13.2. The molecule has 0 aliphatic carbocycles. The van der Waals surface area contributed by atoms with Crippen LogP contribution in [-0.2, 0) is 16.0 Å². The van der Waals surface area contributed by atoms with E-state index in [9.17, 15) is 9.59 Å². The summed E-state index contributed by atoms with van der Waals surface area (Å²) in [6.45, 7) is 12.9. The van der Waals surface area contributed by atoms with Gasteiger partial charge in [0.15, 0.2) is 0 Å². The Labute approximate surface area is 237 Å². The molecular formula is C31H41N3O2S2. The van der Waals surface area contributed by atoms with E-state index in [1.165, 1.54) is 23.7 Å². The third-order valence-electron chi connectivity index (χ3n) is 7.02. The van der Waals surface area contributed by atoms with Gasteiger partial charge in [-0.05, 0) is 85.0 Å². The standard InChI is InChI=1S/C31H41N3O2S2/c1-21(2)13-25-9-10-28-27(16-25)34(31(36)29(38-28)17-24-7-5-8-26(37)15-24)20-30(35)32-11-6-12-33-18-22(3)14-23(4)19-33/h5,7-10,15-17,21-23,37H,6,11-14,18-20H2,1-4H3,(H,32,35). The molecule has 0 saturated carbocycles. The van der Waals surface area contributed by atoms with E-state index < -0.39 is 0 Å². The van der Waals surface area contributed by atoms with Gasteiger partial charge in [0.25, 0.3) is 5.91 Å². The molecule has 5 nitrogen and oxygen atoms in total. The molecule has 0 bridgehead atoms. The van der Waals surface area contributed by atoms with Crippen LogP contribution < -0.4 is 10.2 Å². The van der Waals surface area contributed by atoms with Crippen LogP contribution in [0.25, 0.3) is 6.08 Å². The average molecular weight is 552 g/mol. The van der Waals surface area contributed by atoms with E-state index in [2.05, 4.69) is 68.7 Å². The van der Waals surface area contributed by atoms with Crippen LogP contribution >= 0.6 is 24.4 Å². The SMILES string of the molecule is CC(C)Cc1ccc2c(c1)N(CC(=O)NCCCN1CC(C)CC(C)C1)C(=O)C(=Cc1cccc(S)c1)S2. The van der Waals surface area contributed by atoms with Gasteiger partial charge in [-0.15, -0.1) is 12.6 Å². The fourth-order valence-corrected chi connectivity index (χ4v) is 6.86. The van der Waals surface area contributed by atoms with Crippen LogP contribution in [0.1, 0.15) is 51.7 Å². The Balaban J connectivity index is 1.46. The van der Waals surface area contributed by atoms with Crippen molar-refractivity contribution >= 4 is 48.0 Å². The van der Waals surface area contributed by atoms with Crippen LogP contribution in [0, 0.1) is 17.8 Å². The lowest BCUT2D eigenvalue weighted by molar-refractivity contribution is -0.122. The molecule has 38 heavy (non-hydrogen) atoms. The molecule has 2 aromatic rings. The highest BCUT2D eigenvalue weighted by Crippen LogP contribution is 2.43. The Bertz CT molecular complexity index is 1170. The van der Waals surface area contributed by atoms with Gasteiger partial charge in [-0.25, -0.2) is 0 Å². The summed E-state index contributed by atoms with van der Waals surface area (Å²) in [5.41, 5.74) is 2.92. The third-order valence-corrected chi connectivity index (χ3v) is 8.38. The second-order valence-corrected chi connectivity index (χ2v) is 13.0. The summed E-state index contributed by atoms with van der Waals surface area (Å²) in [5, 5.41) is 3.07. The lowest BCUT2D eigenvalue weighted by atomic mass is 9.92. The number of thioether (sulfide) groups is 1. The number of hydrogen-bond acceptors (Lipinski definition) is 5. The molecular weight excluding hydrogens is 510 g/mol. The number of carbonyl (C=O) groups excluding carboxylic acids is 2. The minimum Gasteiger partial charge on any atom is -0.355 e. The molecule has 2 aromatic carbocycles. The minimum absolute atomic E-state index is 0.0132. The zero-order valence-corrected chi connectivity index (χ0v) is 24.8. The zero-order valence-electron chi connectivity index (χ0n) is 23.1. The van der Waals surface area contributed by atoms with E-state index >= 15 is 0 Å². The average Bonchev–Trinajstić information content (AvgIpc) is 2.84. The molecule has 0 radical (unpaired) electrons. The van der Waals surface area contributed by atoms with Crippen LogP contribution in [-0.4, -0.2) is 49.4 Å². The summed E-state index contributed by atoms with van der Waals surface area (Å²) < 4.78 is 0. The highest BCUT2D eigenvalue weighted by Gasteiger charge is 2.31. The molecule has 0 spiro atoms. The number of carbonyl (C=O) groups is 2. The number of hydrogen-bond donors (Lipinski definition) is 2. The number of thiol groups is 1. The van der Waals surface area contributed by atoms with Gasteiger partial charge >= 0.3 is 0 Å². The molecule has 2 heterocycles. The first-order valence-corrected chi connectivity index (χ1v) is 15.1. The van der Waals surface area contributed by atoms with E-state index in [0.717, 1.165) is 65.4 Å². The number of nitrogens with zero attached hydrogens (tertiary/aromatic N) is 2. The Morgan fingerprint density at radius 2 is 1.92 bits per heavy atom. The van der Waals surface area contributed by atoms with Gasteiger partial charge in [-0.2, -0.15) is 0 Å². The molecule has 2 unspecified atom stereocenters. The van der Waals surface area contributed by atoms with E-state index in [-0.39, 0.29) is 18.4 Å². The predicted molar refractivity (Wildman–Crippen MR) is 162 cm³/mol. The second-order valence-electron chi connectivity index (χ2n) is 11.4. The normalized spacial score (nSPS) is 21.2. The van der Waals surface area contributed by atoms with Crippen molar-refractivity contribution in [3.8, 4) is 0 Å². The number of anilines is 1. The maximum absolute atomic E-state index is 13.7. The van der Waals surface area contributed by atoms with E-state index in [4.69, 9.17) is 0 Å². The minimum atomic E-state index is -0.139. The molecule has 1 N–H and O–H groups in total. The van der Waals surface area contributed by atoms with E-state index in [0.29, 0.717) is 17.4 Å². The van der Waals surface area contributed by atoms with Crippen LogP contribution in [0.4, 0.5) is 5.69 Å². The molecule has 1 saturated heterocycles. The lowest BCUT2D eigenvalue weighted by Crippen LogP contribution is -2.44. The molecule has 2 aliphatic heterocycles. The van der Waals surface area contributed by atoms with Crippen molar-refractivity contribution < 1.29 is 9.59 Å². The Morgan fingerprint density at radius 3 is 2.63 bits per heavy atom. The van der Waals surface area contributed by atoms with Crippen molar-refractivity contribution in [2.75, 3.05) is 37.6 Å². The van der Waals surface area contributed by atoms with Crippen LogP contribution in [0.3, 0.4) is 0 Å². The van der Waals surface area contributed by atoms with Crippen molar-refractivity contribution in [1.82, 2.24) is 10.2 Å². The first-order chi connectivity index (χ1) is 18.2. The summed E-state index contributed by atoms with van der Waals surface area (Å²) in [5.74, 6) is 1.71. The highest BCUT2D eigenvalue weighted by atomic mass is 32.2. The lowest BCUT2D eigenvalue weighted by Gasteiger charge is -2.35. The predicted octanol–water partition coefficient (Wildman–Crippen LogP) is 6.14. The fourth-order valence-electron chi connectivity index (χ4n) is 5.58. The van der Waals surface area contributed by atoms with Crippen LogP contribution in [0.5, 0.6) is 0 Å². The number of piperidine rings is 1. The first-order valence-electron chi connectivity index (χ1n) is 13.8. The zero-order chi connectivity index (χ0) is 27.2. The van der Waals surface area contributed by atoms with Crippen molar-refractivity contribution in [2.45, 2.75) is 56.7 Å². The monoisotopic (exact) mass is 551 g/mol. The van der Waals surface area contributed by atoms with Crippen molar-refractivity contribution in [2.24, 2.45) is 17.8 Å². The summed E-state index contributed by atoms with van der Waals surface area (Å²) in [6.07, 6.45) is 5.03. The van der Waals surface area contributed by atoms with Gasteiger partial charge in [-0.1, -0.05) is 57.7 Å². The van der Waals surface area contributed by atoms with Gasteiger partial charge in [-0.3, -0.25) is 14.5 Å². The Kier molecular flexibility index (Phi) is 10.0. The maximum Gasteiger partial charge on any atom is 0.265 e. The summed E-state index contributed by atoms with van der Waals surface area (Å²) in [6, 6.07) is 14.0. The molecule has 1 fully saturated rings. The number of amides is 2. The van der Waals surface area contributed by atoms with Crippen LogP contribution in [0.15, 0.2) is 57.2 Å². The molecule has 2 aliphatic rings. The number of fused-ring (bicyclic) bond motifs is 1. The van der Waals surface area contributed by atoms with Crippen molar-refractivity contribution in [1.29, 1.82) is 0 Å². The van der Waals surface area contributed by atoms with Crippen LogP contribution in [0.2, 0.25) is 0 Å². The first kappa shape index (κ1) is 28.8. The van der Waals surface area contributed by atoms with E-state index in [1.54, 1.807) is 4.90 Å². The molecule has 204 valence electrons. The number of likely N-dealkylation sites (tertiary alicyclic amines) is 1. The molecule has 7 heteroatoms. The van der Waals surface area contributed by atoms with E-state index in [1.807, 2.05) is 30.3 Å². The van der Waals surface area contributed by atoms with Crippen molar-refractivity contribution in [3.63, 3.8) is 0 Å². The Hall–Kier alpha value is -2.22. The summed E-state index contributed by atoms with van der Waals surface area (Å²) in [7, 11) is 0. The number of nitrogens with one attached hydrogen (secondary N) is 1. The third kappa shape index (κ3) is 7.90. The van der Waals surface area contributed by atoms with Crippen molar-refractivity contribution in [3.05, 3.63) is 58.5 Å². The summed E-state index contributed by atoms with van der Waals surface area (Å²) in [4.78, 5) is 33.3. The smallest absolute Gasteiger partial charge is 0.265 e. The quantitative estimate of drug-likeness (QED) is 0.223. The highest BCUT2D eigenvalue weighted by molar-refractivity contribution is 8.04. The molecule has 2 atom stereocenters.